The van der Waals surface area contributed by atoms with Gasteiger partial charge in [0.05, 0.1) is 30.7 Å². The smallest absolute Gasteiger partial charge is 0.269 e. The van der Waals surface area contributed by atoms with Gasteiger partial charge in [0.25, 0.3) is 5.56 Å². The van der Waals surface area contributed by atoms with Crippen LogP contribution in [0.4, 0.5) is 10.1 Å². The predicted octanol–water partition coefficient (Wildman–Crippen LogP) is 2.06. The molecule has 0 aliphatic carbocycles. The largest absolute Gasteiger partial charge is 0.371 e. The van der Waals surface area contributed by atoms with E-state index in [1.165, 1.54) is 4.68 Å². The summed E-state index contributed by atoms with van der Waals surface area (Å²) in [6.45, 7) is 5.43. The van der Waals surface area contributed by atoms with E-state index >= 15 is 0 Å². The van der Waals surface area contributed by atoms with Gasteiger partial charge in [-0.2, -0.15) is 10.2 Å². The third kappa shape index (κ3) is 3.71. The summed E-state index contributed by atoms with van der Waals surface area (Å²) < 4.78 is 26.3. The van der Waals surface area contributed by atoms with Crippen LogP contribution in [0.5, 0.6) is 0 Å². The van der Waals surface area contributed by atoms with Gasteiger partial charge in [0.2, 0.25) is 0 Å². The maximum absolute atomic E-state index is 13.7. The fraction of sp³-hybridized carbons (Fsp3) is 0.476. The zero-order chi connectivity index (χ0) is 21.6. The van der Waals surface area contributed by atoms with E-state index in [-0.39, 0.29) is 12.1 Å². The molecule has 0 amide bonds. The Labute approximate surface area is 177 Å². The molecule has 31 heavy (non-hydrogen) atoms. The van der Waals surface area contributed by atoms with Crippen molar-refractivity contribution in [3.63, 3.8) is 0 Å². The number of alkyl halides is 1. The summed E-state index contributed by atoms with van der Waals surface area (Å²) in [5.41, 5.74) is 2.68. The molecule has 3 aromatic rings. The van der Waals surface area contributed by atoms with Crippen molar-refractivity contribution in [1.29, 1.82) is 0 Å². The number of rotatable bonds is 4. The van der Waals surface area contributed by atoms with Crippen molar-refractivity contribution in [3.05, 3.63) is 51.8 Å². The lowest BCUT2D eigenvalue weighted by molar-refractivity contribution is -0.117. The van der Waals surface area contributed by atoms with Crippen molar-refractivity contribution < 1.29 is 13.7 Å². The Hall–Kier alpha value is -3.14. The molecule has 1 spiro atoms. The van der Waals surface area contributed by atoms with Gasteiger partial charge in [-0.15, -0.1) is 5.10 Å². The lowest BCUT2D eigenvalue weighted by Crippen LogP contribution is -2.66. The molecule has 0 N–H and O–H groups in total. The van der Waals surface area contributed by atoms with Gasteiger partial charge in [0.1, 0.15) is 28.9 Å². The SMILES string of the molecule is Cc1ccc(-c2noc(C)c2Cn2ncc(N3CC4(CC(F)CCO4)C3)cc2=O)nn1. The molecule has 3 aromatic heterocycles. The summed E-state index contributed by atoms with van der Waals surface area (Å²) in [5, 5.41) is 16.7. The second-order valence-corrected chi connectivity index (χ2v) is 8.31. The van der Waals surface area contributed by atoms with Gasteiger partial charge in [-0.1, -0.05) is 5.16 Å². The van der Waals surface area contributed by atoms with E-state index in [4.69, 9.17) is 9.26 Å². The molecule has 0 saturated carbocycles. The lowest BCUT2D eigenvalue weighted by Gasteiger charge is -2.53. The van der Waals surface area contributed by atoms with Gasteiger partial charge in [0, 0.05) is 37.6 Å². The van der Waals surface area contributed by atoms with Gasteiger partial charge in [-0.3, -0.25) is 4.79 Å². The maximum Gasteiger partial charge on any atom is 0.269 e. The number of hydrogen-bond donors (Lipinski definition) is 0. The minimum Gasteiger partial charge on any atom is -0.371 e. The Kier molecular flexibility index (Phi) is 4.81. The van der Waals surface area contributed by atoms with Crippen molar-refractivity contribution in [3.8, 4) is 11.4 Å². The van der Waals surface area contributed by atoms with E-state index in [9.17, 15) is 9.18 Å². The van der Waals surface area contributed by atoms with Crippen LogP contribution in [-0.4, -0.2) is 56.6 Å². The van der Waals surface area contributed by atoms with Crippen molar-refractivity contribution >= 4 is 5.69 Å². The third-order valence-electron chi connectivity index (χ3n) is 5.94. The molecular formula is C21H23FN6O3. The minimum atomic E-state index is -0.818. The highest BCUT2D eigenvalue weighted by Gasteiger charge is 2.48. The second-order valence-electron chi connectivity index (χ2n) is 8.31. The van der Waals surface area contributed by atoms with E-state index in [1.807, 2.05) is 24.0 Å². The van der Waals surface area contributed by atoms with E-state index in [0.29, 0.717) is 55.4 Å². The summed E-state index contributed by atoms with van der Waals surface area (Å²) >= 11 is 0. The van der Waals surface area contributed by atoms with Crippen LogP contribution < -0.4 is 10.5 Å². The van der Waals surface area contributed by atoms with Gasteiger partial charge in [-0.05, 0) is 26.0 Å². The van der Waals surface area contributed by atoms with Gasteiger partial charge in [-0.25, -0.2) is 9.07 Å². The molecule has 0 bridgehead atoms. The number of ether oxygens (including phenoxy) is 1. The minimum absolute atomic E-state index is 0.204. The number of nitrogens with zero attached hydrogens (tertiary/aromatic N) is 6. The van der Waals surface area contributed by atoms with Crippen LogP contribution >= 0.6 is 0 Å². The number of halogens is 1. The normalized spacial score (nSPS) is 20.1. The van der Waals surface area contributed by atoms with E-state index in [1.54, 1.807) is 19.2 Å². The monoisotopic (exact) mass is 426 g/mol. The number of anilines is 1. The van der Waals surface area contributed by atoms with Crippen LogP contribution in [0.25, 0.3) is 11.4 Å². The summed E-state index contributed by atoms with van der Waals surface area (Å²) in [5.74, 6) is 0.593. The Balaban J connectivity index is 1.34. The molecular weight excluding hydrogens is 403 g/mol. The first-order chi connectivity index (χ1) is 14.9. The number of aryl methyl sites for hydroxylation is 2. The van der Waals surface area contributed by atoms with Gasteiger partial charge >= 0.3 is 0 Å². The molecule has 2 saturated heterocycles. The van der Waals surface area contributed by atoms with Crippen molar-refractivity contribution in [2.45, 2.75) is 45.0 Å². The van der Waals surface area contributed by atoms with Crippen LogP contribution in [0.1, 0.15) is 29.9 Å². The highest BCUT2D eigenvalue weighted by Crippen LogP contribution is 2.37. The zero-order valence-electron chi connectivity index (χ0n) is 17.4. The van der Waals surface area contributed by atoms with E-state index in [0.717, 1.165) is 11.3 Å². The van der Waals surface area contributed by atoms with Gasteiger partial charge in [0.15, 0.2) is 0 Å². The van der Waals surface area contributed by atoms with E-state index in [2.05, 4.69) is 20.5 Å². The first-order valence-electron chi connectivity index (χ1n) is 10.3. The van der Waals surface area contributed by atoms with Crippen LogP contribution in [-0.2, 0) is 11.3 Å². The Morgan fingerprint density at radius 3 is 2.81 bits per heavy atom. The first kappa shape index (κ1) is 19.8. The zero-order valence-corrected chi connectivity index (χ0v) is 17.4. The average molecular weight is 426 g/mol. The third-order valence-corrected chi connectivity index (χ3v) is 5.94. The summed E-state index contributed by atoms with van der Waals surface area (Å²) in [6, 6.07) is 5.21. The molecule has 9 nitrogen and oxygen atoms in total. The maximum atomic E-state index is 13.7. The molecule has 10 heteroatoms. The molecule has 2 aliphatic rings. The van der Waals surface area contributed by atoms with Crippen molar-refractivity contribution in [2.75, 3.05) is 24.6 Å². The molecule has 2 aliphatic heterocycles. The Morgan fingerprint density at radius 1 is 1.26 bits per heavy atom. The number of hydrogen-bond acceptors (Lipinski definition) is 8. The van der Waals surface area contributed by atoms with Gasteiger partial charge < -0.3 is 14.2 Å². The molecule has 2 fully saturated rings. The molecule has 0 aromatic carbocycles. The molecule has 5 rings (SSSR count). The summed E-state index contributed by atoms with van der Waals surface area (Å²) in [4.78, 5) is 14.7. The summed E-state index contributed by atoms with van der Waals surface area (Å²) in [6.07, 6.45) is 1.70. The standard InChI is InChI=1S/C21H23FN6O3/c1-13-3-4-18(25-24-13)20-17(14(2)31-26-20)10-28-19(29)7-16(9-23-28)27-11-21(12-27)8-15(22)5-6-30-21/h3-4,7,9,15H,5-6,8,10-12H2,1-2H3. The predicted molar refractivity (Wildman–Crippen MR) is 110 cm³/mol. The molecule has 162 valence electrons. The van der Waals surface area contributed by atoms with Crippen molar-refractivity contribution in [2.24, 2.45) is 0 Å². The van der Waals surface area contributed by atoms with Crippen molar-refractivity contribution in [1.82, 2.24) is 25.1 Å². The van der Waals surface area contributed by atoms with Crippen LogP contribution in [0.3, 0.4) is 0 Å². The summed E-state index contributed by atoms with van der Waals surface area (Å²) in [7, 11) is 0. The highest BCUT2D eigenvalue weighted by atomic mass is 19.1. The average Bonchev–Trinajstić information content (AvgIpc) is 3.08. The van der Waals surface area contributed by atoms with Crippen LogP contribution in [0.2, 0.25) is 0 Å². The Morgan fingerprint density at radius 2 is 2.10 bits per heavy atom. The molecule has 1 atom stereocenters. The van der Waals surface area contributed by atoms with E-state index < -0.39 is 11.8 Å². The molecule has 1 unspecified atom stereocenters. The lowest BCUT2D eigenvalue weighted by atomic mass is 9.85. The van der Waals surface area contributed by atoms with Crippen LogP contribution in [0.15, 0.2) is 33.7 Å². The first-order valence-corrected chi connectivity index (χ1v) is 10.3. The molecule has 0 radical (unpaired) electrons. The molecule has 5 heterocycles. The van der Waals surface area contributed by atoms with Crippen LogP contribution in [0, 0.1) is 13.8 Å². The topological polar surface area (TPSA) is 99.2 Å². The fourth-order valence-corrected chi connectivity index (χ4v) is 4.19. The number of aromatic nitrogens is 5. The fourth-order valence-electron chi connectivity index (χ4n) is 4.19. The second kappa shape index (κ2) is 7.52. The Bertz CT molecular complexity index is 1150. The highest BCUT2D eigenvalue weighted by molar-refractivity contribution is 5.58. The quantitative estimate of drug-likeness (QED) is 0.625.